The molecule has 24 heavy (non-hydrogen) atoms. The summed E-state index contributed by atoms with van der Waals surface area (Å²) in [6.07, 6.45) is 9.81. The van der Waals surface area contributed by atoms with Crippen molar-refractivity contribution >= 4 is 17.6 Å². The van der Waals surface area contributed by atoms with Gasteiger partial charge in [0.25, 0.3) is 0 Å². The maximum atomic E-state index is 2.56. The average molecular weight is 451 g/mol. The van der Waals surface area contributed by atoms with E-state index in [9.17, 15) is 0 Å². The first-order chi connectivity index (χ1) is 10.8. The summed E-state index contributed by atoms with van der Waals surface area (Å²) in [6, 6.07) is 18.1. The van der Waals surface area contributed by atoms with Gasteiger partial charge in [-0.05, 0) is 0 Å². The van der Waals surface area contributed by atoms with Gasteiger partial charge in [-0.2, -0.15) is 0 Å². The summed E-state index contributed by atoms with van der Waals surface area (Å²) >= 11 is -1.65. The van der Waals surface area contributed by atoms with Gasteiger partial charge in [-0.1, -0.05) is 0 Å². The number of hydrogen-bond donors (Lipinski definition) is 0. The van der Waals surface area contributed by atoms with Crippen LogP contribution < -0.4 is 24.8 Å². The Bertz CT molecular complexity index is 772. The van der Waals surface area contributed by atoms with Crippen LogP contribution in [0.4, 0.5) is 0 Å². The Hall–Kier alpha value is -0.400. The zero-order chi connectivity index (χ0) is 15.1. The standard InChI is InChI=1S/2C9H7.C2H6Si.2ClH.Zr/c2*1-2-5-9-7-3-6-8(9)4-1;1-3-2;;;/h2*1-7H;1-2H3;2*1H;/q;;;;;+2/p-2. The summed E-state index contributed by atoms with van der Waals surface area (Å²) in [6.45, 7) is 5.12. The van der Waals surface area contributed by atoms with Gasteiger partial charge in [0.2, 0.25) is 0 Å². The van der Waals surface area contributed by atoms with E-state index in [1.54, 1.807) is 11.1 Å². The molecule has 0 aliphatic heterocycles. The molecule has 0 N–H and O–H groups in total. The molecule has 122 valence electrons. The minimum Gasteiger partial charge on any atom is -1.00 e. The number of benzene rings is 2. The van der Waals surface area contributed by atoms with Crippen LogP contribution in [0.3, 0.4) is 0 Å². The number of halogens is 2. The monoisotopic (exact) mass is 448 g/mol. The zero-order valence-electron chi connectivity index (χ0n) is 13.8. The van der Waals surface area contributed by atoms with E-state index in [4.69, 9.17) is 0 Å². The Balaban J connectivity index is 0.00000104. The van der Waals surface area contributed by atoms with E-state index in [1.165, 1.54) is 11.1 Å². The fraction of sp³-hybridized carbons (Fsp3) is 0.200. The Morgan fingerprint density at radius 3 is 1.54 bits per heavy atom. The first kappa shape index (κ1) is 19.9. The summed E-state index contributed by atoms with van der Waals surface area (Å²) in [7, 11) is 0. The van der Waals surface area contributed by atoms with Crippen molar-refractivity contribution < 1.29 is 45.2 Å². The number of allylic oxidation sites excluding steroid dienone is 2. The molecule has 0 bridgehead atoms. The first-order valence-corrected chi connectivity index (χ1v) is 17.0. The first-order valence-electron chi connectivity index (χ1n) is 7.97. The number of rotatable bonds is 2. The van der Waals surface area contributed by atoms with E-state index in [0.29, 0.717) is 0 Å². The van der Waals surface area contributed by atoms with Crippen molar-refractivity contribution in [3.63, 3.8) is 0 Å². The molecule has 0 nitrogen and oxygen atoms in total. The van der Waals surface area contributed by atoms with Crippen LogP contribution in [-0.4, -0.2) is 5.43 Å². The van der Waals surface area contributed by atoms with Crippen LogP contribution in [0.2, 0.25) is 13.1 Å². The van der Waals surface area contributed by atoms with E-state index in [0.717, 1.165) is 7.25 Å². The molecule has 0 heterocycles. The van der Waals surface area contributed by atoms with Gasteiger partial charge in [0.1, 0.15) is 0 Å². The fourth-order valence-electron chi connectivity index (χ4n) is 3.86. The second-order valence-electron chi connectivity index (χ2n) is 6.39. The maximum Gasteiger partial charge on any atom is -1.00 e. The molecule has 2 aromatic carbocycles. The Labute approximate surface area is 165 Å². The molecule has 0 saturated carbocycles. The smallest absolute Gasteiger partial charge is 1.00 e. The Kier molecular flexibility index (Phi) is 6.90. The molecule has 0 fully saturated rings. The molecule has 2 aromatic rings. The van der Waals surface area contributed by atoms with Crippen molar-refractivity contribution in [3.8, 4) is 0 Å². The third kappa shape index (κ3) is 3.44. The van der Waals surface area contributed by atoms with Crippen molar-refractivity contribution in [2.24, 2.45) is 0 Å². The molecular formula is C20H20Cl2SiZr. The van der Waals surface area contributed by atoms with Crippen LogP contribution in [0.25, 0.3) is 12.2 Å². The van der Waals surface area contributed by atoms with Crippen LogP contribution in [0.15, 0.2) is 60.7 Å². The molecule has 0 saturated heterocycles. The van der Waals surface area contributed by atoms with Crippen molar-refractivity contribution in [3.05, 3.63) is 82.9 Å². The van der Waals surface area contributed by atoms with E-state index in [2.05, 4.69) is 85.9 Å². The predicted molar refractivity (Wildman–Crippen MR) is 93.9 cm³/mol. The van der Waals surface area contributed by atoms with Gasteiger partial charge in [-0.25, -0.2) is 0 Å². The third-order valence-electron chi connectivity index (χ3n) is 4.85. The molecule has 2 atom stereocenters. The molecule has 0 aromatic heterocycles. The SMILES string of the molecule is C[Si](C)=[Zr+2]([CH]1C=Cc2ccccc21)[CH]1C=Cc2ccccc21.[Cl-].[Cl-]. The summed E-state index contributed by atoms with van der Waals surface area (Å²) in [5, 5.41) is 0. The molecule has 2 unspecified atom stereocenters. The van der Waals surface area contributed by atoms with Crippen molar-refractivity contribution in [2.75, 3.05) is 0 Å². The predicted octanol–water partition coefficient (Wildman–Crippen LogP) is -0.600. The topological polar surface area (TPSA) is 0 Å². The minimum atomic E-state index is -1.65. The van der Waals surface area contributed by atoms with E-state index < -0.39 is 20.4 Å². The Morgan fingerprint density at radius 2 is 1.12 bits per heavy atom. The van der Waals surface area contributed by atoms with E-state index in [-0.39, 0.29) is 30.2 Å². The normalized spacial score (nSPS) is 18.7. The van der Waals surface area contributed by atoms with Gasteiger partial charge < -0.3 is 24.8 Å². The summed E-state index contributed by atoms with van der Waals surface area (Å²) in [4.78, 5) is 0. The average Bonchev–Trinajstić information content (AvgIpc) is 3.13. The third-order valence-corrected chi connectivity index (χ3v) is 24.0. The summed E-state index contributed by atoms with van der Waals surface area (Å²) in [5.41, 5.74) is 5.92. The summed E-state index contributed by atoms with van der Waals surface area (Å²) in [5.74, 6) is 0. The molecule has 4 rings (SSSR count). The van der Waals surface area contributed by atoms with Gasteiger partial charge in [-0.3, -0.25) is 0 Å². The maximum absolute atomic E-state index is 2.56. The molecule has 0 radical (unpaired) electrons. The molecule has 0 spiro atoms. The van der Waals surface area contributed by atoms with Crippen LogP contribution in [0, 0.1) is 0 Å². The molecule has 0 amide bonds. The van der Waals surface area contributed by atoms with E-state index in [1.807, 2.05) is 0 Å². The van der Waals surface area contributed by atoms with Crippen LogP contribution in [0.5, 0.6) is 0 Å². The fourth-order valence-corrected chi connectivity index (χ4v) is 22.6. The largest absolute Gasteiger partial charge is 1.00 e. The van der Waals surface area contributed by atoms with Crippen LogP contribution in [-0.2, 0) is 20.4 Å². The molecule has 2 aliphatic carbocycles. The second kappa shape index (κ2) is 8.32. The van der Waals surface area contributed by atoms with Gasteiger partial charge in [0, 0.05) is 0 Å². The number of fused-ring (bicyclic) bond motifs is 2. The minimum absolute atomic E-state index is 0. The van der Waals surface area contributed by atoms with Crippen LogP contribution in [0.1, 0.15) is 29.5 Å². The molecular weight excluding hydrogens is 430 g/mol. The van der Waals surface area contributed by atoms with Crippen molar-refractivity contribution in [1.29, 1.82) is 0 Å². The quantitative estimate of drug-likeness (QED) is 0.537. The number of hydrogen-bond acceptors (Lipinski definition) is 0. The van der Waals surface area contributed by atoms with Gasteiger partial charge >= 0.3 is 141 Å². The molecule has 4 heteroatoms. The van der Waals surface area contributed by atoms with Gasteiger partial charge in [0.05, 0.1) is 0 Å². The van der Waals surface area contributed by atoms with E-state index >= 15 is 0 Å². The summed E-state index contributed by atoms with van der Waals surface area (Å²) < 4.78 is 1.53. The van der Waals surface area contributed by atoms with Gasteiger partial charge in [-0.15, -0.1) is 0 Å². The Morgan fingerprint density at radius 1 is 0.708 bits per heavy atom. The second-order valence-corrected chi connectivity index (χ2v) is 24.5. The van der Waals surface area contributed by atoms with Crippen molar-refractivity contribution in [2.45, 2.75) is 20.3 Å². The molecule has 2 aliphatic rings. The zero-order valence-corrected chi connectivity index (χ0v) is 18.8. The van der Waals surface area contributed by atoms with Gasteiger partial charge in [0.15, 0.2) is 0 Å². The van der Waals surface area contributed by atoms with Crippen LogP contribution >= 0.6 is 0 Å². The van der Waals surface area contributed by atoms with Crippen molar-refractivity contribution in [1.82, 2.24) is 0 Å².